The van der Waals surface area contributed by atoms with E-state index in [4.69, 9.17) is 14.0 Å². The lowest BCUT2D eigenvalue weighted by Crippen LogP contribution is -2.41. The van der Waals surface area contributed by atoms with Crippen LogP contribution in [0, 0.1) is 0 Å². The van der Waals surface area contributed by atoms with E-state index in [0.29, 0.717) is 6.61 Å². The van der Waals surface area contributed by atoms with Crippen molar-refractivity contribution in [1.29, 1.82) is 0 Å². The van der Waals surface area contributed by atoms with Crippen LogP contribution in [0.25, 0.3) is 0 Å². The second-order valence-corrected chi connectivity index (χ2v) is 5.61. The number of pyridine rings is 1. The van der Waals surface area contributed by atoms with E-state index in [1.807, 2.05) is 39.8 Å². The first-order valence-corrected chi connectivity index (χ1v) is 6.15. The van der Waals surface area contributed by atoms with E-state index < -0.39 is 7.12 Å². The maximum atomic E-state index is 5.96. The summed E-state index contributed by atoms with van der Waals surface area (Å²) >= 11 is 0. The molecular weight excluding hydrogens is 229 g/mol. The first-order chi connectivity index (χ1) is 8.36. The standard InChI is InChI=1S/C13H20BNO3/c1-12(2)13(3,4)18-14(17-12)11-8-10(9-16-5)6-7-15-11/h6-8H,9H2,1-5H3. The number of hydrogen-bond donors (Lipinski definition) is 0. The molecular formula is C13H20BNO3. The fourth-order valence-electron chi connectivity index (χ4n) is 1.84. The van der Waals surface area contributed by atoms with Gasteiger partial charge in [0.05, 0.1) is 23.4 Å². The van der Waals surface area contributed by atoms with Crippen molar-refractivity contribution in [2.75, 3.05) is 7.11 Å². The van der Waals surface area contributed by atoms with Gasteiger partial charge in [-0.15, -0.1) is 0 Å². The molecule has 0 amide bonds. The largest absolute Gasteiger partial charge is 0.514 e. The van der Waals surface area contributed by atoms with Crippen molar-refractivity contribution in [3.63, 3.8) is 0 Å². The van der Waals surface area contributed by atoms with Crippen LogP contribution in [0.1, 0.15) is 33.3 Å². The van der Waals surface area contributed by atoms with Gasteiger partial charge < -0.3 is 14.0 Å². The molecule has 1 aliphatic heterocycles. The Morgan fingerprint density at radius 1 is 1.22 bits per heavy atom. The molecule has 0 spiro atoms. The van der Waals surface area contributed by atoms with E-state index in [0.717, 1.165) is 11.2 Å². The highest BCUT2D eigenvalue weighted by Gasteiger charge is 2.52. The summed E-state index contributed by atoms with van der Waals surface area (Å²) in [6.45, 7) is 8.70. The molecule has 1 aromatic rings. The van der Waals surface area contributed by atoms with Crippen LogP contribution in [0.2, 0.25) is 0 Å². The second-order valence-electron chi connectivity index (χ2n) is 5.61. The summed E-state index contributed by atoms with van der Waals surface area (Å²) in [5.41, 5.74) is 1.19. The molecule has 0 saturated carbocycles. The Morgan fingerprint density at radius 3 is 2.39 bits per heavy atom. The zero-order chi connectivity index (χ0) is 13.4. The molecule has 0 N–H and O–H groups in total. The lowest BCUT2D eigenvalue weighted by Gasteiger charge is -2.32. The van der Waals surface area contributed by atoms with Crippen molar-refractivity contribution in [2.24, 2.45) is 0 Å². The van der Waals surface area contributed by atoms with Gasteiger partial charge in [-0.1, -0.05) is 0 Å². The van der Waals surface area contributed by atoms with E-state index in [9.17, 15) is 0 Å². The third-order valence-corrected chi connectivity index (χ3v) is 3.65. The summed E-state index contributed by atoms with van der Waals surface area (Å²) in [5, 5.41) is 0. The molecule has 4 nitrogen and oxygen atoms in total. The Balaban J connectivity index is 2.21. The quantitative estimate of drug-likeness (QED) is 0.761. The highest BCUT2D eigenvalue weighted by molar-refractivity contribution is 6.61. The third-order valence-electron chi connectivity index (χ3n) is 3.65. The highest BCUT2D eigenvalue weighted by atomic mass is 16.7. The van der Waals surface area contributed by atoms with E-state index in [1.165, 1.54) is 0 Å². The topological polar surface area (TPSA) is 40.6 Å². The van der Waals surface area contributed by atoms with Crippen LogP contribution in [0.4, 0.5) is 0 Å². The number of aromatic nitrogens is 1. The van der Waals surface area contributed by atoms with Crippen LogP contribution in [-0.4, -0.2) is 30.4 Å². The number of nitrogens with zero attached hydrogens (tertiary/aromatic N) is 1. The van der Waals surface area contributed by atoms with Crippen LogP contribution in [-0.2, 0) is 20.7 Å². The molecule has 0 aliphatic carbocycles. The van der Waals surface area contributed by atoms with Crippen LogP contribution in [0.15, 0.2) is 18.3 Å². The normalized spacial score (nSPS) is 21.3. The minimum Gasteiger partial charge on any atom is -0.398 e. The molecule has 2 rings (SSSR count). The molecule has 0 unspecified atom stereocenters. The molecule has 18 heavy (non-hydrogen) atoms. The van der Waals surface area contributed by atoms with E-state index in [2.05, 4.69) is 4.98 Å². The Kier molecular flexibility index (Phi) is 3.49. The van der Waals surface area contributed by atoms with Crippen molar-refractivity contribution in [1.82, 2.24) is 4.98 Å². The van der Waals surface area contributed by atoms with Crippen LogP contribution < -0.4 is 5.59 Å². The molecule has 1 fully saturated rings. The van der Waals surface area contributed by atoms with Gasteiger partial charge in [-0.25, -0.2) is 0 Å². The summed E-state index contributed by atoms with van der Waals surface area (Å²) in [7, 11) is 1.27. The SMILES string of the molecule is COCc1ccnc(B2OC(C)(C)C(C)(C)O2)c1. The lowest BCUT2D eigenvalue weighted by molar-refractivity contribution is 0.00578. The Labute approximate surface area is 109 Å². The fourth-order valence-corrected chi connectivity index (χ4v) is 1.84. The smallest absolute Gasteiger partial charge is 0.398 e. The molecule has 5 heteroatoms. The van der Waals surface area contributed by atoms with Crippen molar-refractivity contribution in [3.8, 4) is 0 Å². The molecule has 2 heterocycles. The maximum Gasteiger partial charge on any atom is 0.514 e. The molecule has 1 saturated heterocycles. The van der Waals surface area contributed by atoms with Gasteiger partial charge in [-0.3, -0.25) is 4.98 Å². The van der Waals surface area contributed by atoms with Gasteiger partial charge >= 0.3 is 7.12 Å². The molecule has 0 atom stereocenters. The van der Waals surface area contributed by atoms with Crippen molar-refractivity contribution < 1.29 is 14.0 Å². The highest BCUT2D eigenvalue weighted by Crippen LogP contribution is 2.36. The third kappa shape index (κ3) is 2.43. The summed E-state index contributed by atoms with van der Waals surface area (Å²) < 4.78 is 17.0. The maximum absolute atomic E-state index is 5.96. The van der Waals surface area contributed by atoms with Gasteiger partial charge in [-0.2, -0.15) is 0 Å². The van der Waals surface area contributed by atoms with Crippen LogP contribution in [0.3, 0.4) is 0 Å². The Hall–Kier alpha value is -0.905. The van der Waals surface area contributed by atoms with Gasteiger partial charge in [0.2, 0.25) is 0 Å². The zero-order valence-electron chi connectivity index (χ0n) is 11.7. The molecule has 0 bridgehead atoms. The average molecular weight is 249 g/mol. The van der Waals surface area contributed by atoms with Crippen LogP contribution in [0.5, 0.6) is 0 Å². The number of ether oxygens (including phenoxy) is 1. The first kappa shape index (κ1) is 13.5. The van der Waals surface area contributed by atoms with Crippen molar-refractivity contribution >= 4 is 12.7 Å². The van der Waals surface area contributed by atoms with E-state index in [1.54, 1.807) is 13.3 Å². The summed E-state index contributed by atoms with van der Waals surface area (Å²) in [6, 6.07) is 3.89. The van der Waals surface area contributed by atoms with Gasteiger partial charge in [-0.05, 0) is 45.4 Å². The minimum atomic E-state index is -0.410. The average Bonchev–Trinajstić information content (AvgIpc) is 2.49. The minimum absolute atomic E-state index is 0.337. The Bertz CT molecular complexity index is 418. The van der Waals surface area contributed by atoms with Gasteiger partial charge in [0.25, 0.3) is 0 Å². The van der Waals surface area contributed by atoms with E-state index in [-0.39, 0.29) is 11.2 Å². The molecule has 1 aliphatic rings. The zero-order valence-corrected chi connectivity index (χ0v) is 11.7. The second kappa shape index (κ2) is 4.65. The predicted octanol–water partition coefficient (Wildman–Crippen LogP) is 1.53. The van der Waals surface area contributed by atoms with Crippen molar-refractivity contribution in [3.05, 3.63) is 23.9 Å². The van der Waals surface area contributed by atoms with Crippen LogP contribution >= 0.6 is 0 Å². The number of rotatable bonds is 3. The molecule has 0 radical (unpaired) electrons. The lowest BCUT2D eigenvalue weighted by atomic mass is 9.83. The number of methoxy groups -OCH3 is 1. The summed E-state index contributed by atoms with van der Waals surface area (Å²) in [6.07, 6.45) is 1.76. The Morgan fingerprint density at radius 2 is 1.83 bits per heavy atom. The van der Waals surface area contributed by atoms with Crippen molar-refractivity contribution in [2.45, 2.75) is 45.5 Å². The summed E-state index contributed by atoms with van der Waals surface area (Å²) in [4.78, 5) is 4.33. The summed E-state index contributed by atoms with van der Waals surface area (Å²) in [5.74, 6) is 0. The predicted molar refractivity (Wildman–Crippen MR) is 70.7 cm³/mol. The molecule has 1 aromatic heterocycles. The fraction of sp³-hybridized carbons (Fsp3) is 0.615. The van der Waals surface area contributed by atoms with Gasteiger partial charge in [0.1, 0.15) is 0 Å². The van der Waals surface area contributed by atoms with E-state index >= 15 is 0 Å². The molecule has 98 valence electrons. The number of hydrogen-bond acceptors (Lipinski definition) is 4. The first-order valence-electron chi connectivity index (χ1n) is 6.15. The van der Waals surface area contributed by atoms with Gasteiger partial charge in [0, 0.05) is 13.3 Å². The molecule has 0 aromatic carbocycles. The monoisotopic (exact) mass is 249 g/mol. The van der Waals surface area contributed by atoms with Gasteiger partial charge in [0.15, 0.2) is 0 Å².